The number of amides is 2. The van der Waals surface area contributed by atoms with Crippen LogP contribution in [0.3, 0.4) is 0 Å². The van der Waals surface area contributed by atoms with Gasteiger partial charge in [-0.3, -0.25) is 14.5 Å². The maximum Gasteiger partial charge on any atom is 0.245 e. The van der Waals surface area contributed by atoms with E-state index in [2.05, 4.69) is 60.9 Å². The van der Waals surface area contributed by atoms with Gasteiger partial charge in [0.1, 0.15) is 6.04 Å². The molecule has 8 heteroatoms. The molecule has 2 amide bonds. The van der Waals surface area contributed by atoms with Crippen molar-refractivity contribution in [3.63, 3.8) is 0 Å². The van der Waals surface area contributed by atoms with Crippen molar-refractivity contribution in [2.45, 2.75) is 83.8 Å². The lowest BCUT2D eigenvalue weighted by Crippen LogP contribution is -2.64. The molecule has 42 heavy (non-hydrogen) atoms. The van der Waals surface area contributed by atoms with E-state index in [0.717, 1.165) is 44.7 Å². The van der Waals surface area contributed by atoms with E-state index in [-0.39, 0.29) is 23.4 Å². The molecule has 3 aliphatic heterocycles. The summed E-state index contributed by atoms with van der Waals surface area (Å²) in [6, 6.07) is 7.03. The van der Waals surface area contributed by atoms with Crippen LogP contribution < -0.4 is 10.6 Å². The zero-order valence-electron chi connectivity index (χ0n) is 26.6. The van der Waals surface area contributed by atoms with Gasteiger partial charge in [0.25, 0.3) is 0 Å². The summed E-state index contributed by atoms with van der Waals surface area (Å²) in [5.74, 6) is 0.565. The fourth-order valence-corrected chi connectivity index (χ4v) is 7.09. The van der Waals surface area contributed by atoms with E-state index in [1.54, 1.807) is 6.08 Å². The number of benzene rings is 1. The summed E-state index contributed by atoms with van der Waals surface area (Å²) in [6.45, 7) is 18.2. The number of likely N-dealkylation sites (N-methyl/N-ethyl adjacent to an activating group) is 1. The van der Waals surface area contributed by atoms with Crippen LogP contribution in [0.5, 0.6) is 0 Å². The highest BCUT2D eigenvalue weighted by molar-refractivity contribution is 6.30. The maximum atomic E-state index is 13.9. The molecule has 0 saturated carbocycles. The van der Waals surface area contributed by atoms with E-state index in [1.165, 1.54) is 24.8 Å². The third-order valence-corrected chi connectivity index (χ3v) is 9.01. The molecule has 2 N–H and O–H groups in total. The average molecular weight is 600 g/mol. The number of piperazine rings is 1. The Hall–Kier alpha value is -2.19. The molecule has 0 radical (unpaired) electrons. The molecule has 0 aromatic heterocycles. The Morgan fingerprint density at radius 3 is 2.43 bits per heavy atom. The van der Waals surface area contributed by atoms with Crippen LogP contribution >= 0.6 is 11.6 Å². The van der Waals surface area contributed by atoms with Gasteiger partial charge in [-0.1, -0.05) is 62.2 Å². The van der Waals surface area contributed by atoms with E-state index in [1.807, 2.05) is 36.1 Å². The Balaban J connectivity index is 0.00000155. The van der Waals surface area contributed by atoms with Crippen molar-refractivity contribution in [2.24, 2.45) is 5.92 Å². The maximum absolute atomic E-state index is 13.9. The highest BCUT2D eigenvalue weighted by atomic mass is 35.5. The lowest BCUT2D eigenvalue weighted by molar-refractivity contribution is -0.139. The quantitative estimate of drug-likeness (QED) is 0.374. The molecule has 3 atom stereocenters. The molecule has 1 aromatic carbocycles. The molecule has 234 valence electrons. The average Bonchev–Trinajstić information content (AvgIpc) is 3.40. The number of carbonyl (C=O) groups is 2. The molecule has 0 spiro atoms. The Labute approximate surface area is 259 Å². The number of carbonyl (C=O) groups excluding carboxylic acids is 2. The van der Waals surface area contributed by atoms with Crippen LogP contribution in [0.15, 0.2) is 48.6 Å². The Morgan fingerprint density at radius 1 is 1.17 bits per heavy atom. The van der Waals surface area contributed by atoms with Crippen LogP contribution in [-0.4, -0.2) is 97.0 Å². The van der Waals surface area contributed by atoms with Gasteiger partial charge in [0, 0.05) is 68.7 Å². The van der Waals surface area contributed by atoms with E-state index in [9.17, 15) is 9.59 Å². The van der Waals surface area contributed by atoms with Crippen molar-refractivity contribution in [3.05, 3.63) is 59.2 Å². The van der Waals surface area contributed by atoms with Crippen LogP contribution in [0.1, 0.15) is 65.4 Å². The van der Waals surface area contributed by atoms with E-state index in [0.29, 0.717) is 36.9 Å². The van der Waals surface area contributed by atoms with Gasteiger partial charge in [-0.05, 0) is 69.8 Å². The van der Waals surface area contributed by atoms with Crippen molar-refractivity contribution >= 4 is 23.4 Å². The highest BCUT2D eigenvalue weighted by Gasteiger charge is 2.42. The van der Waals surface area contributed by atoms with Crippen molar-refractivity contribution < 1.29 is 9.59 Å². The predicted molar refractivity (Wildman–Crippen MR) is 175 cm³/mol. The standard InChI is InChI=1S/C31H48ClN5O2.C3H6/c1-5-25-11-13-33-27(25)20-29(38)34-28(19-24-7-9-26(32)10-8-24)30(39)36-15-17-37(18-16-36)31(21-23(2)3)12-6-14-35(4)22-31;1-3-2/h7-11,23,27-28,33H,5-6,12-22H2,1-4H3,(H,34,38);3H,1H2,2H3. The van der Waals surface area contributed by atoms with Crippen LogP contribution in [0, 0.1) is 5.92 Å². The molecule has 2 fully saturated rings. The fourth-order valence-electron chi connectivity index (χ4n) is 6.97. The number of rotatable bonds is 10. The second kappa shape index (κ2) is 16.6. The Morgan fingerprint density at radius 2 is 1.83 bits per heavy atom. The number of piperidine rings is 1. The second-order valence-corrected chi connectivity index (χ2v) is 13.1. The number of nitrogens with one attached hydrogen (secondary N) is 2. The SMILES string of the molecule is C=CC.CCC1=CCNC1CC(=O)NC(Cc1ccc(Cl)cc1)C(=O)N1CCN(C2(CC(C)C)CCCN(C)C2)CC1. The summed E-state index contributed by atoms with van der Waals surface area (Å²) in [4.78, 5) is 34.1. The monoisotopic (exact) mass is 599 g/mol. The van der Waals surface area contributed by atoms with Crippen molar-refractivity contribution in [2.75, 3.05) is 52.9 Å². The zero-order valence-corrected chi connectivity index (χ0v) is 27.4. The van der Waals surface area contributed by atoms with Gasteiger partial charge in [0.15, 0.2) is 0 Å². The minimum absolute atomic E-state index is 0.0160. The first kappa shape index (κ1) is 34.3. The molecule has 4 rings (SSSR count). The lowest BCUT2D eigenvalue weighted by Gasteiger charge is -2.52. The third-order valence-electron chi connectivity index (χ3n) is 8.76. The van der Waals surface area contributed by atoms with Gasteiger partial charge in [-0.25, -0.2) is 0 Å². The molecule has 7 nitrogen and oxygen atoms in total. The summed E-state index contributed by atoms with van der Waals surface area (Å²) >= 11 is 6.10. The molecule has 1 aromatic rings. The predicted octanol–water partition coefficient (Wildman–Crippen LogP) is 4.91. The van der Waals surface area contributed by atoms with E-state index in [4.69, 9.17) is 11.6 Å². The minimum atomic E-state index is -0.592. The van der Waals surface area contributed by atoms with Gasteiger partial charge >= 0.3 is 0 Å². The minimum Gasteiger partial charge on any atom is -0.344 e. The molecular weight excluding hydrogens is 546 g/mol. The number of allylic oxidation sites excluding steroid dienone is 1. The van der Waals surface area contributed by atoms with Gasteiger partial charge in [0.05, 0.1) is 0 Å². The first-order valence-corrected chi connectivity index (χ1v) is 16.2. The van der Waals surface area contributed by atoms with Crippen molar-refractivity contribution in [1.82, 2.24) is 25.3 Å². The largest absolute Gasteiger partial charge is 0.344 e. The van der Waals surface area contributed by atoms with Gasteiger partial charge in [-0.2, -0.15) is 0 Å². The molecule has 0 aliphatic carbocycles. The fraction of sp³-hybridized carbons (Fsp3) is 0.647. The Bertz CT molecular complexity index is 1050. The molecule has 3 heterocycles. The zero-order chi connectivity index (χ0) is 30.7. The summed E-state index contributed by atoms with van der Waals surface area (Å²) in [5, 5.41) is 7.17. The van der Waals surface area contributed by atoms with E-state index < -0.39 is 6.04 Å². The topological polar surface area (TPSA) is 67.9 Å². The third kappa shape index (κ3) is 9.66. The van der Waals surface area contributed by atoms with Crippen LogP contribution in [0.4, 0.5) is 0 Å². The number of nitrogens with zero attached hydrogens (tertiary/aromatic N) is 3. The summed E-state index contributed by atoms with van der Waals surface area (Å²) in [7, 11) is 2.23. The number of hydrogen-bond donors (Lipinski definition) is 2. The van der Waals surface area contributed by atoms with Crippen LogP contribution in [-0.2, 0) is 16.0 Å². The van der Waals surface area contributed by atoms with Gasteiger partial charge in [0.2, 0.25) is 11.8 Å². The van der Waals surface area contributed by atoms with Crippen molar-refractivity contribution in [1.29, 1.82) is 0 Å². The molecular formula is C34H54ClN5O2. The van der Waals surface area contributed by atoms with Crippen molar-refractivity contribution in [3.8, 4) is 0 Å². The highest BCUT2D eigenvalue weighted by Crippen LogP contribution is 2.34. The second-order valence-electron chi connectivity index (χ2n) is 12.6. The van der Waals surface area contributed by atoms with Gasteiger partial charge < -0.3 is 20.4 Å². The first-order valence-electron chi connectivity index (χ1n) is 15.9. The number of hydrogen-bond acceptors (Lipinski definition) is 5. The number of likely N-dealkylation sites (tertiary alicyclic amines) is 1. The molecule has 0 bridgehead atoms. The lowest BCUT2D eigenvalue weighted by atomic mass is 9.80. The Kier molecular flexibility index (Phi) is 13.6. The van der Waals surface area contributed by atoms with Gasteiger partial charge in [-0.15, -0.1) is 6.58 Å². The van der Waals surface area contributed by atoms with E-state index >= 15 is 0 Å². The molecule has 3 aliphatic rings. The smallest absolute Gasteiger partial charge is 0.245 e. The summed E-state index contributed by atoms with van der Waals surface area (Å²) < 4.78 is 0. The first-order chi connectivity index (χ1) is 20.1. The van der Waals surface area contributed by atoms with Crippen LogP contribution in [0.25, 0.3) is 0 Å². The summed E-state index contributed by atoms with van der Waals surface area (Å²) in [6.07, 6.45) is 9.29. The molecule has 2 saturated heterocycles. The summed E-state index contributed by atoms with van der Waals surface area (Å²) in [5.41, 5.74) is 2.45. The molecule has 3 unspecified atom stereocenters. The normalized spacial score (nSPS) is 24.0. The number of halogens is 1. The van der Waals surface area contributed by atoms with Crippen LogP contribution in [0.2, 0.25) is 5.02 Å².